The summed E-state index contributed by atoms with van der Waals surface area (Å²) in [6.07, 6.45) is 9.68. The first-order valence-electron chi connectivity index (χ1n) is 23.9. The molecule has 4 heterocycles. The molecule has 2 aliphatic rings. The van der Waals surface area contributed by atoms with Gasteiger partial charge >= 0.3 is 11.9 Å². The van der Waals surface area contributed by atoms with E-state index in [2.05, 4.69) is 23.1 Å². The zero-order chi connectivity index (χ0) is 51.9. The molecule has 376 valence electrons. The van der Waals surface area contributed by atoms with Gasteiger partial charge in [0.2, 0.25) is 11.8 Å². The molecule has 0 saturated carbocycles. The normalized spacial score (nSPS) is 23.6. The summed E-state index contributed by atoms with van der Waals surface area (Å²) < 4.78 is 11.5. The number of amides is 2. The molecule has 10 nitrogen and oxygen atoms in total. The highest BCUT2D eigenvalue weighted by molar-refractivity contribution is 6.31. The van der Waals surface area contributed by atoms with E-state index in [1.165, 1.54) is 0 Å². The van der Waals surface area contributed by atoms with Gasteiger partial charge in [0.1, 0.15) is 23.3 Å². The summed E-state index contributed by atoms with van der Waals surface area (Å²) in [6, 6.07) is 19.5. The van der Waals surface area contributed by atoms with Crippen LogP contribution < -0.4 is 0 Å². The Labute approximate surface area is 435 Å². The molecule has 2 aromatic carbocycles. The van der Waals surface area contributed by atoms with Gasteiger partial charge in [-0.25, -0.2) is 9.59 Å². The van der Waals surface area contributed by atoms with Crippen molar-refractivity contribution in [2.75, 3.05) is 0 Å². The van der Waals surface area contributed by atoms with E-state index >= 15 is 0 Å². The van der Waals surface area contributed by atoms with E-state index < -0.39 is 58.1 Å². The molecule has 8 atom stereocenters. The van der Waals surface area contributed by atoms with Crippen LogP contribution in [0.5, 0.6) is 0 Å². The standard InChI is InChI=1S/2C28H34Cl2N2O3/c2*1-7-14-28(6)17-21(22-16-20(30)13-15-31-22)24(18-9-11-19(29)12-10-18)32(26(28)34)23(8-2)25(33)35-27(3,4)5/h2*7,9-13,15-16,21,23-24H,1,8,14,17H2,2-6H3/t21-,23?,24-,28+;21-,23?,24-,28-/m11/s1. The number of hydrogen-bond donors (Lipinski definition) is 0. The van der Waals surface area contributed by atoms with E-state index in [0.717, 1.165) is 22.5 Å². The first-order valence-corrected chi connectivity index (χ1v) is 25.4. The van der Waals surface area contributed by atoms with Gasteiger partial charge in [-0.15, -0.1) is 13.2 Å². The Hall–Kier alpha value is -4.74. The number of ether oxygens (including phenoxy) is 2. The summed E-state index contributed by atoms with van der Waals surface area (Å²) in [5.41, 5.74) is 0.376. The van der Waals surface area contributed by atoms with Gasteiger partial charge in [-0.2, -0.15) is 0 Å². The second kappa shape index (κ2) is 23.2. The number of likely N-dealkylation sites (tertiary alicyclic amines) is 2. The van der Waals surface area contributed by atoms with Crippen LogP contribution in [0.25, 0.3) is 0 Å². The molecule has 2 saturated heterocycles. The van der Waals surface area contributed by atoms with Gasteiger partial charge in [0.25, 0.3) is 0 Å². The van der Waals surface area contributed by atoms with E-state index in [1.54, 1.807) is 70.7 Å². The predicted molar refractivity (Wildman–Crippen MR) is 281 cm³/mol. The Balaban J connectivity index is 0.000000261. The average molecular weight is 1030 g/mol. The van der Waals surface area contributed by atoms with Crippen LogP contribution in [0.1, 0.15) is 154 Å². The molecule has 2 fully saturated rings. The third-order valence-electron chi connectivity index (χ3n) is 12.9. The molecule has 0 radical (unpaired) electrons. The van der Waals surface area contributed by atoms with Crippen molar-refractivity contribution >= 4 is 70.2 Å². The summed E-state index contributed by atoms with van der Waals surface area (Å²) in [5.74, 6) is -1.48. The quantitative estimate of drug-likeness (QED) is 0.0905. The van der Waals surface area contributed by atoms with Gasteiger partial charge in [-0.05, 0) is 140 Å². The van der Waals surface area contributed by atoms with Crippen molar-refractivity contribution in [3.63, 3.8) is 0 Å². The van der Waals surface area contributed by atoms with Crippen molar-refractivity contribution in [3.05, 3.63) is 153 Å². The number of nitrogens with zero attached hydrogens (tertiary/aromatic N) is 4. The Morgan fingerprint density at radius 1 is 0.629 bits per heavy atom. The maximum atomic E-state index is 14.2. The van der Waals surface area contributed by atoms with E-state index in [1.807, 2.05) is 106 Å². The number of carbonyl (C=O) groups excluding carboxylic acids is 4. The zero-order valence-corrected chi connectivity index (χ0v) is 45.1. The lowest BCUT2D eigenvalue weighted by Gasteiger charge is -2.51. The van der Waals surface area contributed by atoms with Crippen molar-refractivity contribution in [2.24, 2.45) is 10.8 Å². The molecule has 2 aliphatic heterocycles. The Bertz CT molecular complexity index is 2330. The van der Waals surface area contributed by atoms with Crippen LogP contribution in [0.4, 0.5) is 0 Å². The number of rotatable bonds is 14. The van der Waals surface area contributed by atoms with Crippen molar-refractivity contribution in [1.82, 2.24) is 19.8 Å². The number of aromatic nitrogens is 2. The van der Waals surface area contributed by atoms with Gasteiger partial charge in [-0.1, -0.05) is 111 Å². The third kappa shape index (κ3) is 13.4. The fourth-order valence-corrected chi connectivity index (χ4v) is 10.4. The summed E-state index contributed by atoms with van der Waals surface area (Å²) in [6.45, 7) is 26.4. The summed E-state index contributed by atoms with van der Waals surface area (Å²) in [4.78, 5) is 68.0. The highest BCUT2D eigenvalue weighted by Gasteiger charge is 2.54. The van der Waals surface area contributed by atoms with Gasteiger partial charge in [0.05, 0.1) is 22.9 Å². The zero-order valence-electron chi connectivity index (χ0n) is 42.1. The van der Waals surface area contributed by atoms with E-state index in [0.29, 0.717) is 58.6 Å². The highest BCUT2D eigenvalue weighted by atomic mass is 35.5. The van der Waals surface area contributed by atoms with Crippen molar-refractivity contribution in [3.8, 4) is 0 Å². The molecule has 2 amide bonds. The van der Waals surface area contributed by atoms with Gasteiger partial charge in [0, 0.05) is 55.7 Å². The minimum absolute atomic E-state index is 0.103. The maximum absolute atomic E-state index is 14.2. The smallest absolute Gasteiger partial charge is 0.329 e. The van der Waals surface area contributed by atoms with Crippen molar-refractivity contribution in [2.45, 2.75) is 155 Å². The summed E-state index contributed by atoms with van der Waals surface area (Å²) in [7, 11) is 0. The minimum Gasteiger partial charge on any atom is -0.458 e. The molecule has 70 heavy (non-hydrogen) atoms. The van der Waals surface area contributed by atoms with Crippen LogP contribution in [0, 0.1) is 10.8 Å². The molecule has 0 aliphatic carbocycles. The van der Waals surface area contributed by atoms with Crippen LogP contribution in [-0.4, -0.2) is 66.8 Å². The number of benzene rings is 2. The molecule has 14 heteroatoms. The van der Waals surface area contributed by atoms with Gasteiger partial charge in [-0.3, -0.25) is 19.6 Å². The molecular weight excluding hydrogens is 966 g/mol. The molecule has 0 bridgehead atoms. The fourth-order valence-electron chi connectivity index (χ4n) is 9.86. The molecule has 6 rings (SSSR count). The van der Waals surface area contributed by atoms with Crippen LogP contribution in [-0.2, 0) is 28.7 Å². The lowest BCUT2D eigenvalue weighted by molar-refractivity contribution is -0.173. The van der Waals surface area contributed by atoms with E-state index in [9.17, 15) is 19.2 Å². The van der Waals surface area contributed by atoms with E-state index in [-0.39, 0.29) is 23.7 Å². The fraction of sp³-hybridized carbons (Fsp3) is 0.464. The second-order valence-corrected chi connectivity index (χ2v) is 22.6. The number of pyridine rings is 2. The SMILES string of the molecule is C=CC[C@@]1(C)C[C@H](c2cc(Cl)ccn2)[C@@H](c2ccc(Cl)cc2)N(C(CC)C(=O)OC(C)(C)C)C1=O.C=CC[C@]1(C)C[C@H](c2cc(Cl)ccn2)[C@@H](c2ccc(Cl)cc2)N(C(CC)C(=O)OC(C)(C)C)C1=O. The van der Waals surface area contributed by atoms with Gasteiger partial charge < -0.3 is 19.3 Å². The lowest BCUT2D eigenvalue weighted by atomic mass is 9.68. The van der Waals surface area contributed by atoms with Crippen molar-refractivity contribution < 1.29 is 28.7 Å². The van der Waals surface area contributed by atoms with Crippen LogP contribution in [0.15, 0.2) is 111 Å². The van der Waals surface area contributed by atoms with Crippen LogP contribution >= 0.6 is 46.4 Å². The number of allylic oxidation sites excluding steroid dienone is 2. The lowest BCUT2D eigenvalue weighted by Crippen LogP contribution is -2.58. The predicted octanol–water partition coefficient (Wildman–Crippen LogP) is 14.3. The number of esters is 2. The minimum atomic E-state index is -0.770. The largest absolute Gasteiger partial charge is 0.458 e. The number of piperidine rings is 2. The molecule has 2 unspecified atom stereocenters. The number of hydrogen-bond acceptors (Lipinski definition) is 8. The summed E-state index contributed by atoms with van der Waals surface area (Å²) in [5, 5.41) is 2.32. The second-order valence-electron chi connectivity index (χ2n) is 20.9. The van der Waals surface area contributed by atoms with Crippen LogP contribution in [0.3, 0.4) is 0 Å². The molecular formula is C56H68Cl4N4O6. The molecule has 0 spiro atoms. The van der Waals surface area contributed by atoms with Crippen molar-refractivity contribution in [1.29, 1.82) is 0 Å². The molecule has 4 aromatic rings. The molecule has 2 aromatic heterocycles. The first kappa shape index (κ1) is 56.2. The van der Waals surface area contributed by atoms with Crippen LogP contribution in [0.2, 0.25) is 20.1 Å². The summed E-state index contributed by atoms with van der Waals surface area (Å²) >= 11 is 25.1. The first-order chi connectivity index (χ1) is 32.8. The van der Waals surface area contributed by atoms with Gasteiger partial charge in [0.15, 0.2) is 0 Å². The number of halogens is 4. The monoisotopic (exact) mass is 1030 g/mol. The average Bonchev–Trinajstić information content (AvgIpc) is 3.27. The number of carbonyl (C=O) groups is 4. The third-order valence-corrected chi connectivity index (χ3v) is 13.8. The molecule has 0 N–H and O–H groups in total. The highest BCUT2D eigenvalue weighted by Crippen LogP contribution is 2.54. The Morgan fingerprint density at radius 3 is 1.23 bits per heavy atom. The van der Waals surface area contributed by atoms with E-state index in [4.69, 9.17) is 55.9 Å². The Morgan fingerprint density at radius 2 is 0.957 bits per heavy atom. The topological polar surface area (TPSA) is 119 Å². The Kier molecular flexibility index (Phi) is 18.6. The maximum Gasteiger partial charge on any atom is 0.329 e.